The molecule has 3 nitrogen and oxygen atoms in total. The summed E-state index contributed by atoms with van der Waals surface area (Å²) in [5, 5.41) is 13.0. The molecule has 0 amide bonds. The highest BCUT2D eigenvalue weighted by Crippen LogP contribution is 2.44. The molecule has 0 spiro atoms. The van der Waals surface area contributed by atoms with E-state index in [4.69, 9.17) is 9.47 Å². The minimum atomic E-state index is -0.542. The average molecular weight is 304 g/mol. The third-order valence-corrected chi connectivity index (χ3v) is 5.24. The summed E-state index contributed by atoms with van der Waals surface area (Å²) in [6.07, 6.45) is 2.74. The number of thiophene rings is 1. The Hall–Kier alpha value is -1.52. The molecule has 0 fully saturated rings. The van der Waals surface area contributed by atoms with Crippen molar-refractivity contribution < 1.29 is 14.6 Å². The van der Waals surface area contributed by atoms with E-state index >= 15 is 0 Å². The smallest absolute Gasteiger partial charge is 0.128 e. The van der Waals surface area contributed by atoms with Gasteiger partial charge in [0.15, 0.2) is 0 Å². The van der Waals surface area contributed by atoms with Gasteiger partial charge in [-0.1, -0.05) is 0 Å². The zero-order valence-corrected chi connectivity index (χ0v) is 13.2. The van der Waals surface area contributed by atoms with Gasteiger partial charge in [-0.2, -0.15) is 0 Å². The lowest BCUT2D eigenvalue weighted by molar-refractivity contribution is 0.133. The first-order valence-electron chi connectivity index (χ1n) is 7.21. The average Bonchev–Trinajstić information content (AvgIpc) is 3.02. The summed E-state index contributed by atoms with van der Waals surface area (Å²) in [4.78, 5) is 1.41. The molecular formula is C17H20O3S. The number of hydrogen-bond donors (Lipinski definition) is 1. The predicted molar refractivity (Wildman–Crippen MR) is 84.5 cm³/mol. The van der Waals surface area contributed by atoms with E-state index < -0.39 is 6.10 Å². The molecule has 21 heavy (non-hydrogen) atoms. The van der Waals surface area contributed by atoms with Crippen molar-refractivity contribution in [1.29, 1.82) is 0 Å². The van der Waals surface area contributed by atoms with Gasteiger partial charge in [-0.3, -0.25) is 0 Å². The summed E-state index contributed by atoms with van der Waals surface area (Å²) in [7, 11) is 3.26. The van der Waals surface area contributed by atoms with Crippen molar-refractivity contribution in [2.24, 2.45) is 0 Å². The summed E-state index contributed by atoms with van der Waals surface area (Å²) >= 11 is 1.80. The molecule has 1 aromatic carbocycles. The maximum absolute atomic E-state index is 10.9. The summed E-state index contributed by atoms with van der Waals surface area (Å²) in [6, 6.07) is 7.76. The van der Waals surface area contributed by atoms with E-state index in [1.165, 1.54) is 10.4 Å². The van der Waals surface area contributed by atoms with Crippen LogP contribution in [0.1, 0.15) is 40.9 Å². The van der Waals surface area contributed by atoms with E-state index in [-0.39, 0.29) is 5.92 Å². The molecule has 4 heteroatoms. The fourth-order valence-electron chi connectivity index (χ4n) is 3.13. The maximum Gasteiger partial charge on any atom is 0.128 e. The quantitative estimate of drug-likeness (QED) is 0.930. The molecule has 1 N–H and O–H groups in total. The molecule has 0 bridgehead atoms. The minimum Gasteiger partial charge on any atom is -0.497 e. The Bertz CT molecular complexity index is 620. The zero-order chi connectivity index (χ0) is 14.8. The molecule has 0 saturated heterocycles. The molecule has 0 saturated carbocycles. The van der Waals surface area contributed by atoms with E-state index in [0.29, 0.717) is 5.75 Å². The van der Waals surface area contributed by atoms with Gasteiger partial charge in [0.2, 0.25) is 0 Å². The van der Waals surface area contributed by atoms with Gasteiger partial charge in [-0.15, -0.1) is 11.3 Å². The van der Waals surface area contributed by atoms with E-state index in [1.807, 2.05) is 18.2 Å². The number of methoxy groups -OCH3 is 2. The number of fused-ring (bicyclic) bond motifs is 1. The predicted octanol–water partition coefficient (Wildman–Crippen LogP) is 3.92. The molecule has 0 radical (unpaired) electrons. The van der Waals surface area contributed by atoms with Gasteiger partial charge in [0, 0.05) is 22.4 Å². The molecule has 1 aromatic heterocycles. The van der Waals surface area contributed by atoms with Crippen molar-refractivity contribution in [1.82, 2.24) is 0 Å². The van der Waals surface area contributed by atoms with Crippen LogP contribution in [0.4, 0.5) is 0 Å². The van der Waals surface area contributed by atoms with Gasteiger partial charge in [-0.25, -0.2) is 0 Å². The second kappa shape index (κ2) is 6.08. The van der Waals surface area contributed by atoms with Crippen LogP contribution < -0.4 is 9.47 Å². The van der Waals surface area contributed by atoms with Crippen LogP contribution in [0.25, 0.3) is 0 Å². The second-order valence-electron chi connectivity index (χ2n) is 5.35. The number of hydrogen-bond acceptors (Lipinski definition) is 4. The van der Waals surface area contributed by atoms with Crippen LogP contribution in [0.5, 0.6) is 11.5 Å². The monoisotopic (exact) mass is 304 g/mol. The third kappa shape index (κ3) is 2.65. The van der Waals surface area contributed by atoms with Gasteiger partial charge in [-0.05, 0) is 48.4 Å². The number of rotatable bonds is 4. The van der Waals surface area contributed by atoms with Crippen LogP contribution in [0, 0.1) is 0 Å². The van der Waals surface area contributed by atoms with Gasteiger partial charge < -0.3 is 14.6 Å². The normalized spacial score (nSPS) is 18.9. The van der Waals surface area contributed by atoms with E-state index in [1.54, 1.807) is 25.6 Å². The van der Waals surface area contributed by atoms with Crippen molar-refractivity contribution >= 4 is 11.3 Å². The summed E-state index contributed by atoms with van der Waals surface area (Å²) in [6.45, 7) is 0. The Kier molecular flexibility index (Phi) is 4.17. The molecular weight excluding hydrogens is 284 g/mol. The van der Waals surface area contributed by atoms with Gasteiger partial charge in [0.25, 0.3) is 0 Å². The second-order valence-corrected chi connectivity index (χ2v) is 6.35. The summed E-state index contributed by atoms with van der Waals surface area (Å²) in [5.41, 5.74) is 2.14. The number of ether oxygens (including phenoxy) is 2. The summed E-state index contributed by atoms with van der Waals surface area (Å²) in [5.74, 6) is 1.58. The molecule has 0 aliphatic heterocycles. The standard InChI is InChI=1S/C17H20O3S/c1-19-11-6-7-14(15(10-11)20-2)17(18)13-4-3-5-16-12(13)8-9-21-16/h6-10,13,17-18H,3-5H2,1-2H3. The summed E-state index contributed by atoms with van der Waals surface area (Å²) < 4.78 is 10.7. The molecule has 2 aromatic rings. The van der Waals surface area contributed by atoms with E-state index in [2.05, 4.69) is 11.4 Å². The fraction of sp³-hybridized carbons (Fsp3) is 0.412. The van der Waals surface area contributed by atoms with Crippen molar-refractivity contribution in [3.63, 3.8) is 0 Å². The highest BCUT2D eigenvalue weighted by molar-refractivity contribution is 7.10. The van der Waals surface area contributed by atoms with Crippen LogP contribution in [-0.2, 0) is 6.42 Å². The third-order valence-electron chi connectivity index (χ3n) is 4.24. The van der Waals surface area contributed by atoms with Gasteiger partial charge in [0.1, 0.15) is 11.5 Å². The van der Waals surface area contributed by atoms with Crippen LogP contribution in [0.2, 0.25) is 0 Å². The topological polar surface area (TPSA) is 38.7 Å². The van der Waals surface area contributed by atoms with Gasteiger partial charge >= 0.3 is 0 Å². The van der Waals surface area contributed by atoms with E-state index in [0.717, 1.165) is 30.6 Å². The van der Waals surface area contributed by atoms with Crippen molar-refractivity contribution in [3.05, 3.63) is 45.6 Å². The molecule has 112 valence electrons. The lowest BCUT2D eigenvalue weighted by Gasteiger charge is -2.28. The zero-order valence-electron chi connectivity index (χ0n) is 12.3. The first-order chi connectivity index (χ1) is 10.2. The van der Waals surface area contributed by atoms with Crippen molar-refractivity contribution in [2.45, 2.75) is 31.3 Å². The molecule has 1 aliphatic carbocycles. The number of aryl methyl sites for hydroxylation is 1. The first kappa shape index (κ1) is 14.4. The molecule has 3 rings (SSSR count). The molecule has 2 atom stereocenters. The molecule has 2 unspecified atom stereocenters. The first-order valence-corrected chi connectivity index (χ1v) is 8.08. The molecule has 1 aliphatic rings. The van der Waals surface area contributed by atoms with Crippen LogP contribution >= 0.6 is 11.3 Å². The number of benzene rings is 1. The van der Waals surface area contributed by atoms with Crippen molar-refractivity contribution in [2.75, 3.05) is 14.2 Å². The Morgan fingerprint density at radius 2 is 2.10 bits per heavy atom. The van der Waals surface area contributed by atoms with E-state index in [9.17, 15) is 5.11 Å². The Morgan fingerprint density at radius 3 is 2.86 bits per heavy atom. The van der Waals surface area contributed by atoms with Crippen LogP contribution in [-0.4, -0.2) is 19.3 Å². The molecule has 1 heterocycles. The highest BCUT2D eigenvalue weighted by atomic mass is 32.1. The van der Waals surface area contributed by atoms with Crippen LogP contribution in [0.3, 0.4) is 0 Å². The SMILES string of the molecule is COc1ccc(C(O)C2CCCc3sccc32)c(OC)c1. The highest BCUT2D eigenvalue weighted by Gasteiger charge is 2.30. The lowest BCUT2D eigenvalue weighted by Crippen LogP contribution is -2.16. The Morgan fingerprint density at radius 1 is 1.24 bits per heavy atom. The number of aliphatic hydroxyl groups excluding tert-OH is 1. The fourth-order valence-corrected chi connectivity index (χ4v) is 4.13. The van der Waals surface area contributed by atoms with Gasteiger partial charge in [0.05, 0.1) is 20.3 Å². The van der Waals surface area contributed by atoms with Crippen molar-refractivity contribution in [3.8, 4) is 11.5 Å². The largest absolute Gasteiger partial charge is 0.497 e. The minimum absolute atomic E-state index is 0.155. The maximum atomic E-state index is 10.9. The lowest BCUT2D eigenvalue weighted by atomic mass is 9.81. The Labute approximate surface area is 129 Å². The van der Waals surface area contributed by atoms with Crippen LogP contribution in [0.15, 0.2) is 29.6 Å². The Balaban J connectivity index is 1.95. The number of aliphatic hydroxyl groups is 1.